The molecular formula is C14H14N4O3. The van der Waals surface area contributed by atoms with Crippen LogP contribution in [0.3, 0.4) is 0 Å². The van der Waals surface area contributed by atoms with Gasteiger partial charge in [0.15, 0.2) is 11.6 Å². The van der Waals surface area contributed by atoms with Crippen LogP contribution in [0.4, 0.5) is 0 Å². The van der Waals surface area contributed by atoms with Gasteiger partial charge < -0.3 is 18.2 Å². The van der Waals surface area contributed by atoms with Crippen molar-refractivity contribution in [2.45, 2.75) is 18.9 Å². The molecule has 0 saturated carbocycles. The molecule has 0 amide bonds. The lowest BCUT2D eigenvalue weighted by atomic mass is 10.1. The zero-order valence-corrected chi connectivity index (χ0v) is 11.3. The Morgan fingerprint density at radius 2 is 2.38 bits per heavy atom. The van der Waals surface area contributed by atoms with E-state index in [0.29, 0.717) is 29.9 Å². The van der Waals surface area contributed by atoms with E-state index < -0.39 is 0 Å². The summed E-state index contributed by atoms with van der Waals surface area (Å²) in [5.74, 6) is 2.91. The van der Waals surface area contributed by atoms with Crippen LogP contribution in [0.2, 0.25) is 0 Å². The molecule has 0 bridgehead atoms. The van der Waals surface area contributed by atoms with E-state index in [1.165, 1.54) is 0 Å². The smallest absolute Gasteiger partial charge is 0.293 e. The van der Waals surface area contributed by atoms with Crippen molar-refractivity contribution in [1.29, 1.82) is 0 Å². The predicted octanol–water partition coefficient (Wildman–Crippen LogP) is 2.08. The number of furan rings is 1. The highest BCUT2D eigenvalue weighted by atomic mass is 16.5. The maximum absolute atomic E-state index is 5.42. The highest BCUT2D eigenvalue weighted by molar-refractivity contribution is 5.42. The van der Waals surface area contributed by atoms with Crippen molar-refractivity contribution in [2.75, 3.05) is 13.2 Å². The second-order valence-electron chi connectivity index (χ2n) is 4.97. The molecule has 7 nitrogen and oxygen atoms in total. The topological polar surface area (TPSA) is 79.1 Å². The van der Waals surface area contributed by atoms with E-state index >= 15 is 0 Å². The molecule has 3 aromatic rings. The molecule has 1 saturated heterocycles. The van der Waals surface area contributed by atoms with Crippen molar-refractivity contribution in [3.63, 3.8) is 0 Å². The monoisotopic (exact) mass is 286 g/mol. The van der Waals surface area contributed by atoms with Gasteiger partial charge in [-0.15, -0.1) is 0 Å². The number of imidazole rings is 1. The van der Waals surface area contributed by atoms with Gasteiger partial charge in [0.1, 0.15) is 5.82 Å². The SMILES string of the molecule is c1coc(-c2nc(Cn3ccnc3[C@H]3CCOC3)no2)c1. The van der Waals surface area contributed by atoms with Crippen LogP contribution in [0.5, 0.6) is 0 Å². The van der Waals surface area contributed by atoms with Crippen LogP contribution in [0.15, 0.2) is 39.7 Å². The summed E-state index contributed by atoms with van der Waals surface area (Å²) in [6, 6.07) is 3.57. The van der Waals surface area contributed by atoms with Gasteiger partial charge in [0.2, 0.25) is 0 Å². The Morgan fingerprint density at radius 1 is 1.38 bits per heavy atom. The molecule has 4 rings (SSSR count). The van der Waals surface area contributed by atoms with Crippen LogP contribution in [0.1, 0.15) is 24.0 Å². The Kier molecular flexibility index (Phi) is 3.04. The van der Waals surface area contributed by atoms with Crippen LogP contribution in [-0.4, -0.2) is 32.9 Å². The van der Waals surface area contributed by atoms with Crippen LogP contribution in [0, 0.1) is 0 Å². The lowest BCUT2D eigenvalue weighted by Gasteiger charge is -2.09. The molecule has 3 aromatic heterocycles. The fourth-order valence-electron chi connectivity index (χ4n) is 2.52. The van der Waals surface area contributed by atoms with Gasteiger partial charge in [-0.05, 0) is 18.6 Å². The fraction of sp³-hybridized carbons (Fsp3) is 0.357. The Hall–Kier alpha value is -2.41. The molecule has 4 heterocycles. The van der Waals surface area contributed by atoms with Gasteiger partial charge in [0.05, 0.1) is 19.4 Å². The maximum Gasteiger partial charge on any atom is 0.293 e. The van der Waals surface area contributed by atoms with E-state index in [-0.39, 0.29) is 0 Å². The second kappa shape index (κ2) is 5.17. The van der Waals surface area contributed by atoms with Gasteiger partial charge >= 0.3 is 0 Å². The summed E-state index contributed by atoms with van der Waals surface area (Å²) < 4.78 is 17.9. The summed E-state index contributed by atoms with van der Waals surface area (Å²) in [5.41, 5.74) is 0. The largest absolute Gasteiger partial charge is 0.459 e. The number of hydrogen-bond acceptors (Lipinski definition) is 6. The van der Waals surface area contributed by atoms with Crippen LogP contribution < -0.4 is 0 Å². The summed E-state index contributed by atoms with van der Waals surface area (Å²) in [5, 5.41) is 3.99. The Balaban J connectivity index is 1.55. The summed E-state index contributed by atoms with van der Waals surface area (Å²) in [6.07, 6.45) is 6.30. The summed E-state index contributed by atoms with van der Waals surface area (Å²) >= 11 is 0. The predicted molar refractivity (Wildman–Crippen MR) is 71.5 cm³/mol. The number of rotatable bonds is 4. The highest BCUT2D eigenvalue weighted by Gasteiger charge is 2.23. The van der Waals surface area contributed by atoms with E-state index in [1.54, 1.807) is 24.6 Å². The number of hydrogen-bond donors (Lipinski definition) is 0. The molecule has 0 unspecified atom stereocenters. The molecule has 0 radical (unpaired) electrons. The maximum atomic E-state index is 5.42. The molecule has 0 aliphatic carbocycles. The Morgan fingerprint density at radius 3 is 3.19 bits per heavy atom. The Bertz CT molecular complexity index is 710. The minimum Gasteiger partial charge on any atom is -0.459 e. The third-order valence-electron chi connectivity index (χ3n) is 3.55. The molecule has 0 aromatic carbocycles. The lowest BCUT2D eigenvalue weighted by Crippen LogP contribution is -2.10. The zero-order chi connectivity index (χ0) is 14.1. The zero-order valence-electron chi connectivity index (χ0n) is 11.3. The van der Waals surface area contributed by atoms with Crippen molar-refractivity contribution in [3.05, 3.63) is 42.4 Å². The molecule has 21 heavy (non-hydrogen) atoms. The van der Waals surface area contributed by atoms with Crippen LogP contribution >= 0.6 is 0 Å². The van der Waals surface area contributed by atoms with Gasteiger partial charge in [-0.3, -0.25) is 0 Å². The fourth-order valence-corrected chi connectivity index (χ4v) is 2.52. The van der Waals surface area contributed by atoms with Crippen molar-refractivity contribution in [3.8, 4) is 11.7 Å². The van der Waals surface area contributed by atoms with Crippen LogP contribution in [0.25, 0.3) is 11.7 Å². The third-order valence-corrected chi connectivity index (χ3v) is 3.55. The molecule has 1 aliphatic heterocycles. The quantitative estimate of drug-likeness (QED) is 0.730. The first-order valence-electron chi connectivity index (χ1n) is 6.85. The van der Waals surface area contributed by atoms with Gasteiger partial charge in [-0.25, -0.2) is 4.98 Å². The summed E-state index contributed by atoms with van der Waals surface area (Å²) in [4.78, 5) is 8.77. The Labute approximate surface area is 120 Å². The second-order valence-corrected chi connectivity index (χ2v) is 4.97. The highest BCUT2D eigenvalue weighted by Crippen LogP contribution is 2.24. The molecule has 108 valence electrons. The van der Waals surface area contributed by atoms with Crippen molar-refractivity contribution in [1.82, 2.24) is 19.7 Å². The first kappa shape index (κ1) is 12.3. The average molecular weight is 286 g/mol. The van der Waals surface area contributed by atoms with Crippen molar-refractivity contribution >= 4 is 0 Å². The third kappa shape index (κ3) is 2.36. The van der Waals surface area contributed by atoms with E-state index in [4.69, 9.17) is 13.7 Å². The molecule has 0 spiro atoms. The van der Waals surface area contributed by atoms with E-state index in [2.05, 4.69) is 15.1 Å². The lowest BCUT2D eigenvalue weighted by molar-refractivity contribution is 0.192. The normalized spacial score (nSPS) is 18.4. The number of ether oxygens (including phenoxy) is 1. The van der Waals surface area contributed by atoms with E-state index in [9.17, 15) is 0 Å². The molecule has 1 atom stereocenters. The van der Waals surface area contributed by atoms with Gasteiger partial charge in [-0.1, -0.05) is 5.16 Å². The molecule has 1 fully saturated rings. The summed E-state index contributed by atoms with van der Waals surface area (Å²) in [7, 11) is 0. The first-order valence-corrected chi connectivity index (χ1v) is 6.85. The van der Waals surface area contributed by atoms with E-state index in [0.717, 1.165) is 25.5 Å². The van der Waals surface area contributed by atoms with Crippen LogP contribution in [-0.2, 0) is 11.3 Å². The first-order chi connectivity index (χ1) is 10.4. The molecule has 7 heteroatoms. The minimum absolute atomic E-state index is 0.344. The van der Waals surface area contributed by atoms with Crippen molar-refractivity contribution in [2.24, 2.45) is 0 Å². The average Bonchev–Trinajstić information content (AvgIpc) is 3.28. The van der Waals surface area contributed by atoms with E-state index in [1.807, 2.05) is 10.8 Å². The number of aromatic nitrogens is 4. The number of nitrogens with zero attached hydrogens (tertiary/aromatic N) is 4. The van der Waals surface area contributed by atoms with Crippen molar-refractivity contribution < 1.29 is 13.7 Å². The summed E-state index contributed by atoms with van der Waals surface area (Å²) in [6.45, 7) is 2.04. The van der Waals surface area contributed by atoms with Gasteiger partial charge in [0.25, 0.3) is 5.89 Å². The minimum atomic E-state index is 0.344. The van der Waals surface area contributed by atoms with Gasteiger partial charge in [-0.2, -0.15) is 4.98 Å². The molecular weight excluding hydrogens is 272 g/mol. The molecule has 0 N–H and O–H groups in total. The van der Waals surface area contributed by atoms with Gasteiger partial charge in [0, 0.05) is 24.9 Å². The molecule has 1 aliphatic rings. The standard InChI is InChI=1S/C14H14N4O3/c1-2-11(20-6-1)14-16-12(17-21-14)8-18-5-4-15-13(18)10-3-7-19-9-10/h1-2,4-6,10H,3,7-9H2/t10-/m0/s1.